The molecule has 0 spiro atoms. The third-order valence-electron chi connectivity index (χ3n) is 9.50. The molecule has 3 aromatic heterocycles. The number of hydrogen-bond acceptors (Lipinski definition) is 2. The Bertz CT molecular complexity index is 2770. The van der Waals surface area contributed by atoms with E-state index in [4.69, 9.17) is 9.97 Å². The predicted molar refractivity (Wildman–Crippen MR) is 199 cm³/mol. The number of para-hydroxylation sites is 2. The Morgan fingerprint density at radius 2 is 1.04 bits per heavy atom. The molecule has 0 unspecified atom stereocenters. The Labute approximate surface area is 276 Å². The van der Waals surface area contributed by atoms with Crippen molar-refractivity contribution in [3.05, 3.63) is 170 Å². The van der Waals surface area contributed by atoms with Crippen LogP contribution in [0.25, 0.3) is 88.5 Å². The molecule has 0 fully saturated rings. The van der Waals surface area contributed by atoms with Crippen LogP contribution in [-0.2, 0) is 0 Å². The van der Waals surface area contributed by atoms with Gasteiger partial charge >= 0.3 is 0 Å². The average Bonchev–Trinajstić information content (AvgIpc) is 3.68. The van der Waals surface area contributed by atoms with Crippen molar-refractivity contribution < 1.29 is 0 Å². The van der Waals surface area contributed by atoms with E-state index in [-0.39, 0.29) is 0 Å². The van der Waals surface area contributed by atoms with Crippen LogP contribution in [0.5, 0.6) is 0 Å². The van der Waals surface area contributed by atoms with Gasteiger partial charge < -0.3 is 4.57 Å². The van der Waals surface area contributed by atoms with Crippen LogP contribution in [0.15, 0.2) is 170 Å². The van der Waals surface area contributed by atoms with Crippen LogP contribution in [-0.4, -0.2) is 19.1 Å². The van der Waals surface area contributed by atoms with E-state index in [2.05, 4.69) is 155 Å². The largest absolute Gasteiger partial charge is 0.309 e. The summed E-state index contributed by atoms with van der Waals surface area (Å²) in [6.07, 6.45) is 0. The van der Waals surface area contributed by atoms with E-state index in [9.17, 15) is 0 Å². The van der Waals surface area contributed by atoms with Gasteiger partial charge in [-0.25, -0.2) is 9.97 Å². The van der Waals surface area contributed by atoms with Crippen molar-refractivity contribution >= 4 is 54.4 Å². The lowest BCUT2D eigenvalue weighted by Gasteiger charge is -2.13. The molecular formula is C44H28N4. The van der Waals surface area contributed by atoms with Crippen molar-refractivity contribution in [3.63, 3.8) is 0 Å². The van der Waals surface area contributed by atoms with Crippen molar-refractivity contribution in [3.8, 4) is 34.2 Å². The van der Waals surface area contributed by atoms with E-state index < -0.39 is 0 Å². The molecule has 0 radical (unpaired) electrons. The molecule has 0 aliphatic carbocycles. The van der Waals surface area contributed by atoms with Crippen LogP contribution in [0, 0.1) is 0 Å². The number of rotatable bonds is 4. The molecule has 3 heterocycles. The van der Waals surface area contributed by atoms with Gasteiger partial charge in [0, 0.05) is 44.4 Å². The standard InChI is InChI=1S/C44H28N4/c1-3-14-30(15-4-1)37-28-41(46-44(45-37)31-16-5-2-6-17-31)48-38-21-11-9-19-34(38)35-25-26-40-42(43(35)48)36-20-10-12-22-39(36)47(40)33-24-23-29-13-7-8-18-32(29)27-33/h1-28H. The molecule has 4 nitrogen and oxygen atoms in total. The van der Waals surface area contributed by atoms with Gasteiger partial charge in [-0.05, 0) is 41.1 Å². The second-order valence-electron chi connectivity index (χ2n) is 12.3. The summed E-state index contributed by atoms with van der Waals surface area (Å²) in [5.74, 6) is 1.53. The van der Waals surface area contributed by atoms with E-state index in [1.165, 1.54) is 37.8 Å². The van der Waals surface area contributed by atoms with Gasteiger partial charge in [-0.3, -0.25) is 4.57 Å². The lowest BCUT2D eigenvalue weighted by atomic mass is 10.1. The fourth-order valence-electron chi connectivity index (χ4n) is 7.36. The number of nitrogens with zero attached hydrogens (tertiary/aromatic N) is 4. The monoisotopic (exact) mass is 612 g/mol. The minimum atomic E-state index is 0.698. The first kappa shape index (κ1) is 26.7. The molecule has 10 rings (SSSR count). The smallest absolute Gasteiger partial charge is 0.162 e. The van der Waals surface area contributed by atoms with Crippen molar-refractivity contribution in [2.45, 2.75) is 0 Å². The van der Waals surface area contributed by atoms with Crippen molar-refractivity contribution in [1.29, 1.82) is 0 Å². The van der Waals surface area contributed by atoms with E-state index >= 15 is 0 Å². The highest BCUT2D eigenvalue weighted by atomic mass is 15.1. The topological polar surface area (TPSA) is 35.6 Å². The number of aromatic nitrogens is 4. The summed E-state index contributed by atoms with van der Waals surface area (Å²) in [5.41, 5.74) is 8.64. The van der Waals surface area contributed by atoms with Gasteiger partial charge in [-0.2, -0.15) is 0 Å². The molecule has 0 aliphatic rings. The van der Waals surface area contributed by atoms with Gasteiger partial charge in [0.15, 0.2) is 5.82 Å². The molecule has 0 amide bonds. The fraction of sp³-hybridized carbons (Fsp3) is 0. The van der Waals surface area contributed by atoms with Crippen LogP contribution in [0.4, 0.5) is 0 Å². The first-order chi connectivity index (χ1) is 23.8. The van der Waals surface area contributed by atoms with Gasteiger partial charge in [0.05, 0.1) is 27.8 Å². The van der Waals surface area contributed by atoms with E-state index in [0.29, 0.717) is 5.82 Å². The van der Waals surface area contributed by atoms with Crippen molar-refractivity contribution in [1.82, 2.24) is 19.1 Å². The molecule has 0 bridgehead atoms. The van der Waals surface area contributed by atoms with Gasteiger partial charge in [-0.1, -0.05) is 133 Å². The third kappa shape index (κ3) is 4.03. The summed E-state index contributed by atoms with van der Waals surface area (Å²) < 4.78 is 4.76. The number of benzene rings is 7. The summed E-state index contributed by atoms with van der Waals surface area (Å²) in [6.45, 7) is 0. The minimum absolute atomic E-state index is 0.698. The van der Waals surface area contributed by atoms with Crippen LogP contribution in [0.2, 0.25) is 0 Å². The Kier molecular flexibility index (Phi) is 5.84. The van der Waals surface area contributed by atoms with E-state index in [1.807, 2.05) is 24.3 Å². The summed E-state index contributed by atoms with van der Waals surface area (Å²) in [4.78, 5) is 10.4. The normalized spacial score (nSPS) is 11.8. The Morgan fingerprint density at radius 3 is 1.83 bits per heavy atom. The zero-order valence-corrected chi connectivity index (χ0v) is 26.0. The summed E-state index contributed by atoms with van der Waals surface area (Å²) >= 11 is 0. The quantitative estimate of drug-likeness (QED) is 0.198. The second-order valence-corrected chi connectivity index (χ2v) is 12.3. The Balaban J connectivity index is 1.35. The van der Waals surface area contributed by atoms with Gasteiger partial charge in [-0.15, -0.1) is 0 Å². The predicted octanol–water partition coefficient (Wildman–Crippen LogP) is 11.2. The minimum Gasteiger partial charge on any atom is -0.309 e. The average molecular weight is 613 g/mol. The summed E-state index contributed by atoms with van der Waals surface area (Å²) in [7, 11) is 0. The van der Waals surface area contributed by atoms with Gasteiger partial charge in [0.25, 0.3) is 0 Å². The van der Waals surface area contributed by atoms with Crippen molar-refractivity contribution in [2.24, 2.45) is 0 Å². The lowest BCUT2D eigenvalue weighted by molar-refractivity contribution is 1.05. The van der Waals surface area contributed by atoms with Crippen LogP contribution >= 0.6 is 0 Å². The number of hydrogen-bond donors (Lipinski definition) is 0. The molecule has 0 saturated carbocycles. The lowest BCUT2D eigenvalue weighted by Crippen LogP contribution is -2.02. The Morgan fingerprint density at radius 1 is 0.396 bits per heavy atom. The molecular weight excluding hydrogens is 585 g/mol. The molecule has 224 valence electrons. The van der Waals surface area contributed by atoms with Crippen molar-refractivity contribution in [2.75, 3.05) is 0 Å². The maximum Gasteiger partial charge on any atom is 0.162 e. The van der Waals surface area contributed by atoms with Gasteiger partial charge in [0.1, 0.15) is 5.82 Å². The van der Waals surface area contributed by atoms with Crippen LogP contribution in [0.3, 0.4) is 0 Å². The zero-order valence-electron chi connectivity index (χ0n) is 26.0. The second kappa shape index (κ2) is 10.5. The first-order valence-corrected chi connectivity index (χ1v) is 16.3. The highest BCUT2D eigenvalue weighted by molar-refractivity contribution is 6.26. The molecule has 0 N–H and O–H groups in total. The number of fused-ring (bicyclic) bond motifs is 8. The zero-order chi connectivity index (χ0) is 31.6. The molecule has 0 atom stereocenters. The first-order valence-electron chi connectivity index (χ1n) is 16.3. The molecule has 48 heavy (non-hydrogen) atoms. The van der Waals surface area contributed by atoms with Crippen LogP contribution in [0.1, 0.15) is 0 Å². The molecule has 7 aromatic carbocycles. The highest BCUT2D eigenvalue weighted by Crippen LogP contribution is 2.42. The van der Waals surface area contributed by atoms with Crippen LogP contribution < -0.4 is 0 Å². The Hall–Kier alpha value is -6.52. The molecule has 0 saturated heterocycles. The summed E-state index contributed by atoms with van der Waals surface area (Å²) in [5, 5.41) is 7.25. The SMILES string of the molecule is c1ccc(-c2cc(-n3c4ccccc4c4ccc5c(c6ccccc6n5-c5ccc6ccccc6c5)c43)nc(-c3ccccc3)n2)cc1. The molecule has 10 aromatic rings. The van der Waals surface area contributed by atoms with E-state index in [1.54, 1.807) is 0 Å². The fourth-order valence-corrected chi connectivity index (χ4v) is 7.36. The van der Waals surface area contributed by atoms with Gasteiger partial charge in [0.2, 0.25) is 0 Å². The third-order valence-corrected chi connectivity index (χ3v) is 9.50. The highest BCUT2D eigenvalue weighted by Gasteiger charge is 2.22. The maximum atomic E-state index is 5.30. The maximum absolute atomic E-state index is 5.30. The summed E-state index contributed by atoms with van der Waals surface area (Å²) in [6, 6.07) is 60.1. The molecule has 0 aliphatic heterocycles. The van der Waals surface area contributed by atoms with E-state index in [0.717, 1.165) is 44.9 Å². The molecule has 4 heteroatoms.